The van der Waals surface area contributed by atoms with Crippen LogP contribution in [0.15, 0.2) is 59.6 Å². The first kappa shape index (κ1) is 22.0. The molecule has 4 rings (SSSR count). The van der Waals surface area contributed by atoms with Gasteiger partial charge in [-0.05, 0) is 30.5 Å². The molecule has 1 aliphatic rings. The highest BCUT2D eigenvalue weighted by molar-refractivity contribution is 7.10. The average molecular weight is 451 g/mol. The minimum atomic E-state index is -0.711. The number of nitrogens with one attached hydrogen (secondary N) is 1. The Bertz CT molecular complexity index is 1150. The molecule has 3 heterocycles. The van der Waals surface area contributed by atoms with Gasteiger partial charge >= 0.3 is 0 Å². The van der Waals surface area contributed by atoms with E-state index in [1.54, 1.807) is 16.5 Å². The number of ketones is 1. The van der Waals surface area contributed by atoms with Crippen LogP contribution >= 0.6 is 11.3 Å². The van der Waals surface area contributed by atoms with Gasteiger partial charge in [0.2, 0.25) is 5.78 Å². The molecule has 0 saturated carbocycles. The molecule has 0 aliphatic carbocycles. The molecule has 32 heavy (non-hydrogen) atoms. The SMILES string of the molecule is Cc1c(/C([O-])=C2\C(=O)C(=O)N(CCC[NH+](C)C)C2c2cccs2)cnn1-c1ccccc1. The van der Waals surface area contributed by atoms with E-state index >= 15 is 0 Å². The molecule has 2 aromatic heterocycles. The Morgan fingerprint density at radius 2 is 1.91 bits per heavy atom. The highest BCUT2D eigenvalue weighted by atomic mass is 32.1. The first-order chi connectivity index (χ1) is 15.4. The summed E-state index contributed by atoms with van der Waals surface area (Å²) in [6.45, 7) is 3.09. The molecule has 1 saturated heterocycles. The van der Waals surface area contributed by atoms with Crippen molar-refractivity contribution in [2.24, 2.45) is 0 Å². The Labute approximate surface area is 191 Å². The van der Waals surface area contributed by atoms with Gasteiger partial charge in [-0.1, -0.05) is 30.0 Å². The van der Waals surface area contributed by atoms with E-state index in [1.807, 2.05) is 61.9 Å². The Morgan fingerprint density at radius 3 is 2.56 bits per heavy atom. The number of amides is 1. The van der Waals surface area contributed by atoms with E-state index in [4.69, 9.17) is 0 Å². The van der Waals surface area contributed by atoms with Crippen LogP contribution in [0.25, 0.3) is 11.4 Å². The molecular formula is C24H26N4O3S. The summed E-state index contributed by atoms with van der Waals surface area (Å²) in [6.07, 6.45) is 2.23. The predicted octanol–water partition coefficient (Wildman–Crippen LogP) is 1.00. The first-order valence-electron chi connectivity index (χ1n) is 10.6. The summed E-state index contributed by atoms with van der Waals surface area (Å²) in [5.41, 5.74) is 1.82. The van der Waals surface area contributed by atoms with Gasteiger partial charge in [0.05, 0.1) is 38.6 Å². The lowest BCUT2D eigenvalue weighted by Crippen LogP contribution is -3.05. The monoisotopic (exact) mass is 450 g/mol. The van der Waals surface area contributed by atoms with Crippen LogP contribution in [0.3, 0.4) is 0 Å². The van der Waals surface area contributed by atoms with Gasteiger partial charge in [-0.2, -0.15) is 5.10 Å². The first-order valence-corrected chi connectivity index (χ1v) is 11.5. The van der Waals surface area contributed by atoms with Crippen LogP contribution in [0.5, 0.6) is 0 Å². The summed E-state index contributed by atoms with van der Waals surface area (Å²) >= 11 is 1.45. The molecule has 0 spiro atoms. The summed E-state index contributed by atoms with van der Waals surface area (Å²) in [6, 6.07) is 12.6. The molecule has 1 aliphatic heterocycles. The van der Waals surface area contributed by atoms with Crippen LogP contribution in [-0.4, -0.2) is 53.6 Å². The van der Waals surface area contributed by atoms with Gasteiger partial charge in [-0.25, -0.2) is 4.68 Å². The van der Waals surface area contributed by atoms with Gasteiger partial charge in [0, 0.05) is 34.7 Å². The number of thiophene rings is 1. The standard InChI is InChI=1S/C24H26N4O3S/c1-16-18(15-25-28(16)17-9-5-4-6-10-17)22(29)20-21(19-11-7-14-32-19)27(24(31)23(20)30)13-8-12-26(2)3/h4-7,9-11,14-15,21,29H,8,12-13H2,1-3H3/b22-20+. The van der Waals surface area contributed by atoms with Crippen LogP contribution in [0, 0.1) is 6.92 Å². The Hall–Kier alpha value is -3.23. The summed E-state index contributed by atoms with van der Waals surface area (Å²) in [7, 11) is 4.09. The zero-order valence-corrected chi connectivity index (χ0v) is 19.2. The van der Waals surface area contributed by atoms with Crippen molar-refractivity contribution < 1.29 is 19.6 Å². The van der Waals surface area contributed by atoms with E-state index in [-0.39, 0.29) is 5.57 Å². The molecule has 1 atom stereocenters. The third kappa shape index (κ3) is 3.99. The molecule has 1 amide bonds. The van der Waals surface area contributed by atoms with Crippen LogP contribution in [0.2, 0.25) is 0 Å². The zero-order chi connectivity index (χ0) is 22.8. The van der Waals surface area contributed by atoms with E-state index in [2.05, 4.69) is 5.10 Å². The number of carbonyl (C=O) groups excluding carboxylic acids is 2. The van der Waals surface area contributed by atoms with Crippen LogP contribution in [0.1, 0.15) is 28.6 Å². The highest BCUT2D eigenvalue weighted by Crippen LogP contribution is 2.40. The van der Waals surface area contributed by atoms with E-state index < -0.39 is 23.5 Å². The second-order valence-electron chi connectivity index (χ2n) is 8.19. The molecule has 166 valence electrons. The highest BCUT2D eigenvalue weighted by Gasteiger charge is 2.44. The third-order valence-electron chi connectivity index (χ3n) is 5.67. The molecule has 8 heteroatoms. The van der Waals surface area contributed by atoms with Crippen LogP contribution < -0.4 is 10.0 Å². The Balaban J connectivity index is 1.77. The minimum absolute atomic E-state index is 0.0189. The zero-order valence-electron chi connectivity index (χ0n) is 18.4. The van der Waals surface area contributed by atoms with Gasteiger partial charge in [-0.15, -0.1) is 11.3 Å². The van der Waals surface area contributed by atoms with Crippen molar-refractivity contribution in [3.63, 3.8) is 0 Å². The fourth-order valence-electron chi connectivity index (χ4n) is 4.05. The number of aromatic nitrogens is 2. The average Bonchev–Trinajstić information content (AvgIpc) is 3.49. The molecule has 1 fully saturated rings. The number of benzene rings is 1. The van der Waals surface area contributed by atoms with Gasteiger partial charge in [0.25, 0.3) is 5.91 Å². The molecule has 1 aromatic carbocycles. The predicted molar refractivity (Wildman–Crippen MR) is 121 cm³/mol. The Morgan fingerprint density at radius 1 is 1.16 bits per heavy atom. The molecule has 1 unspecified atom stereocenters. The Kier molecular flexibility index (Phi) is 6.25. The quantitative estimate of drug-likeness (QED) is 0.331. The maximum absolute atomic E-state index is 13.6. The summed E-state index contributed by atoms with van der Waals surface area (Å²) in [5.74, 6) is -1.74. The van der Waals surface area contributed by atoms with Crippen molar-refractivity contribution in [2.45, 2.75) is 19.4 Å². The second kappa shape index (κ2) is 9.10. The lowest BCUT2D eigenvalue weighted by atomic mass is 10.00. The maximum Gasteiger partial charge on any atom is 0.295 e. The number of Topliss-reactive ketones (excluding diaryl/α,β-unsaturated/α-hetero) is 1. The van der Waals surface area contributed by atoms with Gasteiger partial charge < -0.3 is 14.9 Å². The second-order valence-corrected chi connectivity index (χ2v) is 9.17. The number of quaternary nitrogens is 1. The van der Waals surface area contributed by atoms with E-state index in [9.17, 15) is 14.7 Å². The lowest BCUT2D eigenvalue weighted by Gasteiger charge is -2.26. The fourth-order valence-corrected chi connectivity index (χ4v) is 4.90. The molecule has 0 radical (unpaired) electrons. The summed E-state index contributed by atoms with van der Waals surface area (Å²) in [5, 5.41) is 19.9. The van der Waals surface area contributed by atoms with Gasteiger partial charge in [-0.3, -0.25) is 9.59 Å². The number of likely N-dealkylation sites (tertiary alicyclic amines) is 1. The molecule has 1 N–H and O–H groups in total. The van der Waals surface area contributed by atoms with Crippen molar-refractivity contribution in [1.29, 1.82) is 0 Å². The topological polar surface area (TPSA) is 82.7 Å². The fraction of sp³-hybridized carbons (Fsp3) is 0.292. The smallest absolute Gasteiger partial charge is 0.295 e. The van der Waals surface area contributed by atoms with Crippen molar-refractivity contribution in [2.75, 3.05) is 27.2 Å². The van der Waals surface area contributed by atoms with Crippen LogP contribution in [0.4, 0.5) is 0 Å². The minimum Gasteiger partial charge on any atom is -0.872 e. The van der Waals surface area contributed by atoms with Gasteiger partial charge in [0.15, 0.2) is 0 Å². The van der Waals surface area contributed by atoms with E-state index in [1.165, 1.54) is 22.4 Å². The van der Waals surface area contributed by atoms with Crippen molar-refractivity contribution in [3.05, 3.63) is 75.7 Å². The van der Waals surface area contributed by atoms with Gasteiger partial charge in [0.1, 0.15) is 0 Å². The largest absolute Gasteiger partial charge is 0.872 e. The number of nitrogens with zero attached hydrogens (tertiary/aromatic N) is 3. The van der Waals surface area contributed by atoms with E-state index in [0.717, 1.165) is 23.5 Å². The number of rotatable bonds is 7. The van der Waals surface area contributed by atoms with Crippen molar-refractivity contribution in [1.82, 2.24) is 14.7 Å². The normalized spacial score (nSPS) is 18.1. The molecule has 0 bridgehead atoms. The van der Waals surface area contributed by atoms with Crippen molar-refractivity contribution >= 4 is 28.8 Å². The number of hydrogen-bond donors (Lipinski definition) is 1. The summed E-state index contributed by atoms with van der Waals surface area (Å²) < 4.78 is 1.67. The molecular weight excluding hydrogens is 424 g/mol. The molecule has 3 aromatic rings. The molecule has 7 nitrogen and oxygen atoms in total. The lowest BCUT2D eigenvalue weighted by molar-refractivity contribution is -0.858. The van der Waals surface area contributed by atoms with Crippen LogP contribution in [-0.2, 0) is 9.59 Å². The van der Waals surface area contributed by atoms with Crippen molar-refractivity contribution in [3.8, 4) is 5.69 Å². The maximum atomic E-state index is 13.6. The van der Waals surface area contributed by atoms with E-state index in [0.29, 0.717) is 17.8 Å². The third-order valence-corrected chi connectivity index (χ3v) is 6.60. The summed E-state index contributed by atoms with van der Waals surface area (Å²) in [4.78, 5) is 29.6. The number of para-hydroxylation sites is 1. The number of carbonyl (C=O) groups is 2. The number of hydrogen-bond acceptors (Lipinski definition) is 5.